The van der Waals surface area contributed by atoms with E-state index in [0.29, 0.717) is 16.3 Å². The van der Waals surface area contributed by atoms with Crippen LogP contribution in [-0.4, -0.2) is 43.6 Å². The molecule has 0 bridgehead atoms. The summed E-state index contributed by atoms with van der Waals surface area (Å²) < 4.78 is 68.7. The predicted molar refractivity (Wildman–Crippen MR) is 131 cm³/mol. The van der Waals surface area contributed by atoms with Crippen molar-refractivity contribution in [3.63, 3.8) is 0 Å². The molecule has 2 heterocycles. The number of carbonyl (C=O) groups is 1. The monoisotopic (exact) mass is 520 g/mol. The van der Waals surface area contributed by atoms with E-state index in [1.54, 1.807) is 30.3 Å². The van der Waals surface area contributed by atoms with Crippen LogP contribution in [0.2, 0.25) is 0 Å². The van der Waals surface area contributed by atoms with E-state index in [9.17, 15) is 26.4 Å². The van der Waals surface area contributed by atoms with Gasteiger partial charge in [-0.1, -0.05) is 24.3 Å². The van der Waals surface area contributed by atoms with Gasteiger partial charge in [0.25, 0.3) is 0 Å². The molecule has 0 fully saturated rings. The number of sulfonamides is 1. The molecule has 0 unspecified atom stereocenters. The number of anilines is 5. The maximum absolute atomic E-state index is 14.7. The fourth-order valence-electron chi connectivity index (χ4n) is 3.76. The molecule has 9 nitrogen and oxygen atoms in total. The third-order valence-corrected chi connectivity index (χ3v) is 7.44. The quantitative estimate of drug-likeness (QED) is 0.413. The lowest BCUT2D eigenvalue weighted by Crippen LogP contribution is -2.33. The summed E-state index contributed by atoms with van der Waals surface area (Å²) >= 11 is 0. The van der Waals surface area contributed by atoms with Gasteiger partial charge < -0.3 is 10.6 Å². The smallest absolute Gasteiger partial charge is 0.316 e. The lowest BCUT2D eigenvalue weighted by molar-refractivity contribution is -0.115. The van der Waals surface area contributed by atoms with Crippen molar-refractivity contribution in [2.75, 3.05) is 32.6 Å². The van der Waals surface area contributed by atoms with Gasteiger partial charge in [0.15, 0.2) is 11.6 Å². The van der Waals surface area contributed by atoms with E-state index < -0.39 is 34.8 Å². The lowest BCUT2D eigenvalue weighted by Gasteiger charge is -2.27. The minimum Gasteiger partial charge on any atom is -0.325 e. The summed E-state index contributed by atoms with van der Waals surface area (Å²) in [4.78, 5) is 19.8. The first-order valence-corrected chi connectivity index (χ1v) is 12.5. The maximum atomic E-state index is 14.7. The molecule has 0 saturated carbocycles. The molecular weight excluding hydrogens is 497 g/mol. The third kappa shape index (κ3) is 5.20. The zero-order chi connectivity index (χ0) is 26.0. The van der Waals surface area contributed by atoms with Crippen LogP contribution in [0.25, 0.3) is 0 Å². The highest BCUT2D eigenvalue weighted by molar-refractivity contribution is 7.92. The highest BCUT2D eigenvalue weighted by Gasteiger charge is 2.26. The summed E-state index contributed by atoms with van der Waals surface area (Å²) in [6.07, 6.45) is 1.03. The van der Waals surface area contributed by atoms with Crippen LogP contribution >= 0.6 is 0 Å². The van der Waals surface area contributed by atoms with Gasteiger partial charge in [-0.3, -0.25) is 14.0 Å². The minimum atomic E-state index is -3.66. The van der Waals surface area contributed by atoms with E-state index in [4.69, 9.17) is 0 Å². The summed E-state index contributed by atoms with van der Waals surface area (Å²) in [5.74, 6) is -2.20. The van der Waals surface area contributed by atoms with Crippen LogP contribution in [0, 0.1) is 5.82 Å². The standard InChI is InChI=1S/C23H23F3N6O3S/c1-3-36(34,35)31(2)19-7-5-4-6-15(19)13-32(22(25)26)21-17(24)12-27-23(30-21)28-16-9-8-14-10-20(33)29-18(14)11-16/h4-9,11-12,22H,3,10,13H2,1-2H3,(H,29,33)(H,27,28,30). The van der Waals surface area contributed by atoms with E-state index in [-0.39, 0.29) is 35.3 Å². The van der Waals surface area contributed by atoms with Crippen molar-refractivity contribution < 1.29 is 26.4 Å². The number of benzene rings is 2. The molecule has 1 aliphatic heterocycles. The summed E-state index contributed by atoms with van der Waals surface area (Å²) in [7, 11) is -2.33. The van der Waals surface area contributed by atoms with Crippen LogP contribution in [0.4, 0.5) is 42.0 Å². The summed E-state index contributed by atoms with van der Waals surface area (Å²) in [6, 6.07) is 11.2. The summed E-state index contributed by atoms with van der Waals surface area (Å²) in [5, 5.41) is 5.53. The van der Waals surface area contributed by atoms with Crippen molar-refractivity contribution in [2.45, 2.75) is 26.4 Å². The Morgan fingerprint density at radius 2 is 1.94 bits per heavy atom. The molecule has 36 heavy (non-hydrogen) atoms. The molecule has 1 aromatic heterocycles. The Morgan fingerprint density at radius 3 is 2.67 bits per heavy atom. The molecule has 1 amide bonds. The second-order valence-electron chi connectivity index (χ2n) is 7.99. The maximum Gasteiger partial charge on any atom is 0.316 e. The molecule has 2 aromatic carbocycles. The molecule has 4 rings (SSSR count). The summed E-state index contributed by atoms with van der Waals surface area (Å²) in [5.41, 5.74) is 2.30. The Balaban J connectivity index is 1.64. The van der Waals surface area contributed by atoms with Crippen molar-refractivity contribution in [1.29, 1.82) is 0 Å². The largest absolute Gasteiger partial charge is 0.325 e. The lowest BCUT2D eigenvalue weighted by atomic mass is 10.1. The Labute approximate surface area is 206 Å². The first-order chi connectivity index (χ1) is 17.1. The van der Waals surface area contributed by atoms with Crippen LogP contribution in [-0.2, 0) is 27.8 Å². The summed E-state index contributed by atoms with van der Waals surface area (Å²) in [6.45, 7) is -2.20. The zero-order valence-corrected chi connectivity index (χ0v) is 20.2. The van der Waals surface area contributed by atoms with Crippen molar-refractivity contribution in [3.8, 4) is 0 Å². The number of alkyl halides is 2. The SMILES string of the molecule is CCS(=O)(=O)N(C)c1ccccc1CN(c1nc(Nc2ccc3c(c2)NC(=O)C3)ncc1F)C(F)F. The van der Waals surface area contributed by atoms with Crippen LogP contribution in [0.3, 0.4) is 0 Å². The molecule has 1 aliphatic rings. The molecule has 0 saturated heterocycles. The first-order valence-electron chi connectivity index (χ1n) is 10.9. The molecule has 3 aromatic rings. The van der Waals surface area contributed by atoms with E-state index in [0.717, 1.165) is 16.1 Å². The highest BCUT2D eigenvalue weighted by Crippen LogP contribution is 2.30. The predicted octanol–water partition coefficient (Wildman–Crippen LogP) is 3.87. The number of nitrogens with zero attached hydrogens (tertiary/aromatic N) is 4. The van der Waals surface area contributed by atoms with Crippen LogP contribution in [0.15, 0.2) is 48.7 Å². The van der Waals surface area contributed by atoms with Gasteiger partial charge in [0.1, 0.15) is 0 Å². The molecular formula is C23H23F3N6O3S. The van der Waals surface area contributed by atoms with Crippen molar-refractivity contribution in [3.05, 3.63) is 65.6 Å². The van der Waals surface area contributed by atoms with Gasteiger partial charge in [0.05, 0.1) is 30.6 Å². The zero-order valence-electron chi connectivity index (χ0n) is 19.4. The van der Waals surface area contributed by atoms with Crippen LogP contribution < -0.4 is 19.8 Å². The van der Waals surface area contributed by atoms with Gasteiger partial charge in [-0.2, -0.15) is 13.8 Å². The third-order valence-electron chi connectivity index (χ3n) is 5.68. The van der Waals surface area contributed by atoms with Gasteiger partial charge in [0.2, 0.25) is 21.9 Å². The van der Waals surface area contributed by atoms with E-state index in [2.05, 4.69) is 20.6 Å². The van der Waals surface area contributed by atoms with Gasteiger partial charge >= 0.3 is 6.55 Å². The molecule has 0 spiro atoms. The number of hydrogen-bond donors (Lipinski definition) is 2. The van der Waals surface area contributed by atoms with E-state index >= 15 is 0 Å². The molecule has 0 aliphatic carbocycles. The fourth-order valence-corrected chi connectivity index (χ4v) is 4.62. The number of nitrogens with one attached hydrogen (secondary N) is 2. The molecule has 190 valence electrons. The second-order valence-corrected chi connectivity index (χ2v) is 10.3. The van der Waals surface area contributed by atoms with Crippen molar-refractivity contribution >= 4 is 44.8 Å². The van der Waals surface area contributed by atoms with Gasteiger partial charge in [0, 0.05) is 18.4 Å². The first kappa shape index (κ1) is 25.2. The number of carbonyl (C=O) groups excluding carboxylic acids is 1. The second kappa shape index (κ2) is 10.0. The number of fused-ring (bicyclic) bond motifs is 1. The Hall–Kier alpha value is -3.87. The fraction of sp³-hybridized carbons (Fsp3) is 0.261. The normalized spacial score (nSPS) is 12.9. The number of para-hydroxylation sites is 1. The van der Waals surface area contributed by atoms with E-state index in [1.807, 2.05) is 0 Å². The van der Waals surface area contributed by atoms with Crippen molar-refractivity contribution in [2.24, 2.45) is 0 Å². The van der Waals surface area contributed by atoms with Gasteiger partial charge in [-0.05, 0) is 36.2 Å². The highest BCUT2D eigenvalue weighted by atomic mass is 32.2. The van der Waals surface area contributed by atoms with Crippen LogP contribution in [0.5, 0.6) is 0 Å². The Morgan fingerprint density at radius 1 is 1.19 bits per heavy atom. The molecule has 0 radical (unpaired) electrons. The molecule has 0 atom stereocenters. The number of halogens is 3. The Bertz CT molecular complexity index is 1400. The van der Waals surface area contributed by atoms with Crippen molar-refractivity contribution in [1.82, 2.24) is 9.97 Å². The van der Waals surface area contributed by atoms with Gasteiger partial charge in [-0.15, -0.1) is 0 Å². The number of rotatable bonds is 9. The number of amides is 1. The topological polar surface area (TPSA) is 108 Å². The minimum absolute atomic E-state index is 0.139. The average molecular weight is 521 g/mol. The van der Waals surface area contributed by atoms with Crippen LogP contribution in [0.1, 0.15) is 18.1 Å². The molecule has 2 N–H and O–H groups in total. The molecule has 13 heteroatoms. The van der Waals surface area contributed by atoms with E-state index in [1.165, 1.54) is 26.1 Å². The Kier molecular flexibility index (Phi) is 7.02. The average Bonchev–Trinajstić information content (AvgIpc) is 3.22. The number of aromatic nitrogens is 2. The van der Waals surface area contributed by atoms with Gasteiger partial charge in [-0.25, -0.2) is 17.8 Å². The number of hydrogen-bond acceptors (Lipinski definition) is 7.